The molecule has 1 aliphatic rings. The maximum absolute atomic E-state index is 12.3. The fourth-order valence-corrected chi connectivity index (χ4v) is 4.18. The SMILES string of the molecule is CCN1c2ccc(/C=N/NC(=O)c3cccc(OC)c3)cc2C(C)CC1(C)C. The van der Waals surface area contributed by atoms with Crippen molar-refractivity contribution < 1.29 is 9.53 Å². The van der Waals surface area contributed by atoms with Gasteiger partial charge >= 0.3 is 0 Å². The molecule has 5 heteroatoms. The van der Waals surface area contributed by atoms with E-state index in [2.05, 4.69) is 61.3 Å². The third-order valence-electron chi connectivity index (χ3n) is 5.44. The highest BCUT2D eigenvalue weighted by molar-refractivity contribution is 5.95. The van der Waals surface area contributed by atoms with E-state index >= 15 is 0 Å². The second kappa shape index (κ2) is 8.05. The zero-order valence-corrected chi connectivity index (χ0v) is 17.3. The highest BCUT2D eigenvalue weighted by Crippen LogP contribution is 2.43. The van der Waals surface area contributed by atoms with Crippen LogP contribution in [0.2, 0.25) is 0 Å². The molecule has 148 valence electrons. The number of anilines is 1. The molecular formula is C23H29N3O2. The Balaban J connectivity index is 1.75. The van der Waals surface area contributed by atoms with E-state index in [0.717, 1.165) is 18.5 Å². The molecule has 0 aliphatic carbocycles. The van der Waals surface area contributed by atoms with E-state index in [1.54, 1.807) is 37.6 Å². The lowest BCUT2D eigenvalue weighted by Crippen LogP contribution is -2.48. The van der Waals surface area contributed by atoms with E-state index in [1.807, 2.05) is 0 Å². The normalized spacial score (nSPS) is 18.0. The Kier molecular flexibility index (Phi) is 5.73. The van der Waals surface area contributed by atoms with E-state index in [1.165, 1.54) is 11.3 Å². The summed E-state index contributed by atoms with van der Waals surface area (Å²) in [6.07, 6.45) is 2.81. The molecule has 0 aromatic heterocycles. The van der Waals surface area contributed by atoms with Crippen LogP contribution in [0.25, 0.3) is 0 Å². The van der Waals surface area contributed by atoms with Crippen molar-refractivity contribution in [3.05, 3.63) is 59.2 Å². The Morgan fingerprint density at radius 1 is 1.32 bits per heavy atom. The van der Waals surface area contributed by atoms with Crippen molar-refractivity contribution in [1.82, 2.24) is 5.43 Å². The fraction of sp³-hybridized carbons (Fsp3) is 0.391. The van der Waals surface area contributed by atoms with Gasteiger partial charge in [0, 0.05) is 23.3 Å². The number of hydrazone groups is 1. The van der Waals surface area contributed by atoms with Gasteiger partial charge in [0.1, 0.15) is 5.75 Å². The van der Waals surface area contributed by atoms with Crippen molar-refractivity contribution in [1.29, 1.82) is 0 Å². The number of methoxy groups -OCH3 is 1. The molecule has 0 saturated heterocycles. The van der Waals surface area contributed by atoms with Gasteiger partial charge in [-0.25, -0.2) is 5.43 Å². The number of fused-ring (bicyclic) bond motifs is 1. The van der Waals surface area contributed by atoms with Crippen LogP contribution in [0.1, 0.15) is 61.5 Å². The molecule has 28 heavy (non-hydrogen) atoms. The Morgan fingerprint density at radius 2 is 2.11 bits per heavy atom. The summed E-state index contributed by atoms with van der Waals surface area (Å²) in [6.45, 7) is 10.1. The highest BCUT2D eigenvalue weighted by atomic mass is 16.5. The highest BCUT2D eigenvalue weighted by Gasteiger charge is 2.35. The summed E-state index contributed by atoms with van der Waals surface area (Å²) in [5, 5.41) is 4.14. The molecule has 0 fully saturated rings. The number of ether oxygens (including phenoxy) is 1. The lowest BCUT2D eigenvalue weighted by atomic mass is 9.79. The quantitative estimate of drug-likeness (QED) is 0.611. The van der Waals surface area contributed by atoms with Crippen molar-refractivity contribution >= 4 is 17.8 Å². The predicted molar refractivity (Wildman–Crippen MR) is 115 cm³/mol. The number of nitrogens with zero attached hydrogens (tertiary/aromatic N) is 2. The number of amides is 1. The lowest BCUT2D eigenvalue weighted by molar-refractivity contribution is 0.0955. The summed E-state index contributed by atoms with van der Waals surface area (Å²) in [5.41, 5.74) is 6.86. The van der Waals surface area contributed by atoms with Crippen LogP contribution in [0.15, 0.2) is 47.6 Å². The molecule has 2 aromatic rings. The number of nitrogens with one attached hydrogen (secondary N) is 1. The van der Waals surface area contributed by atoms with Crippen LogP contribution in [0.3, 0.4) is 0 Å². The molecule has 1 unspecified atom stereocenters. The van der Waals surface area contributed by atoms with Crippen molar-refractivity contribution in [2.75, 3.05) is 18.6 Å². The topological polar surface area (TPSA) is 53.9 Å². The van der Waals surface area contributed by atoms with Crippen LogP contribution >= 0.6 is 0 Å². The first kappa shape index (κ1) is 19.9. The Labute approximate surface area is 167 Å². The fourth-order valence-electron chi connectivity index (χ4n) is 4.18. The average Bonchev–Trinajstić information content (AvgIpc) is 2.68. The summed E-state index contributed by atoms with van der Waals surface area (Å²) >= 11 is 0. The van der Waals surface area contributed by atoms with Gasteiger partial charge in [-0.05, 0) is 74.6 Å². The van der Waals surface area contributed by atoms with Crippen molar-refractivity contribution in [2.24, 2.45) is 5.10 Å². The molecule has 1 atom stereocenters. The molecule has 1 aliphatic heterocycles. The van der Waals surface area contributed by atoms with Crippen molar-refractivity contribution in [2.45, 2.75) is 45.6 Å². The molecule has 1 N–H and O–H groups in total. The summed E-state index contributed by atoms with van der Waals surface area (Å²) in [4.78, 5) is 14.7. The Bertz CT molecular complexity index is 889. The molecule has 1 heterocycles. The maximum atomic E-state index is 12.3. The first-order valence-corrected chi connectivity index (χ1v) is 9.74. The minimum Gasteiger partial charge on any atom is -0.497 e. The number of hydrogen-bond acceptors (Lipinski definition) is 4. The smallest absolute Gasteiger partial charge is 0.271 e. The van der Waals surface area contributed by atoms with Crippen LogP contribution in [0, 0.1) is 0 Å². The molecule has 0 spiro atoms. The molecule has 0 bridgehead atoms. The molecule has 0 radical (unpaired) electrons. The minimum absolute atomic E-state index is 0.154. The average molecular weight is 380 g/mol. The molecule has 1 amide bonds. The van der Waals surface area contributed by atoms with Crippen LogP contribution in [0.5, 0.6) is 5.75 Å². The molecule has 0 saturated carbocycles. The predicted octanol–water partition coefficient (Wildman–Crippen LogP) is 4.57. The van der Waals surface area contributed by atoms with Gasteiger partial charge in [0.15, 0.2) is 0 Å². The van der Waals surface area contributed by atoms with E-state index in [-0.39, 0.29) is 11.4 Å². The maximum Gasteiger partial charge on any atom is 0.271 e. The third kappa shape index (κ3) is 4.03. The summed E-state index contributed by atoms with van der Waals surface area (Å²) in [6, 6.07) is 13.4. The first-order valence-electron chi connectivity index (χ1n) is 9.74. The van der Waals surface area contributed by atoms with E-state index < -0.39 is 0 Å². The van der Waals surface area contributed by atoms with E-state index in [0.29, 0.717) is 17.2 Å². The Hall–Kier alpha value is -2.82. The zero-order valence-electron chi connectivity index (χ0n) is 17.3. The van der Waals surface area contributed by atoms with Gasteiger partial charge in [0.25, 0.3) is 5.91 Å². The molecule has 3 rings (SSSR count). The Morgan fingerprint density at radius 3 is 2.82 bits per heavy atom. The first-order chi connectivity index (χ1) is 13.4. The third-order valence-corrected chi connectivity index (χ3v) is 5.44. The van der Waals surface area contributed by atoms with Gasteiger partial charge in [-0.2, -0.15) is 5.10 Å². The largest absolute Gasteiger partial charge is 0.497 e. The van der Waals surface area contributed by atoms with Crippen LogP contribution in [-0.4, -0.2) is 31.3 Å². The standard InChI is InChI=1S/C23H29N3O2/c1-6-26-21-11-10-17(12-20(21)16(2)14-23(26,3)4)15-24-25-22(27)18-8-7-9-19(13-18)28-5/h7-13,15-16H,6,14H2,1-5H3,(H,25,27)/b24-15+. The lowest BCUT2D eigenvalue weighted by Gasteiger charge is -2.47. The van der Waals surface area contributed by atoms with Crippen LogP contribution in [0.4, 0.5) is 5.69 Å². The van der Waals surface area contributed by atoms with Crippen LogP contribution in [-0.2, 0) is 0 Å². The minimum atomic E-state index is -0.264. The second-order valence-electron chi connectivity index (χ2n) is 7.91. The van der Waals surface area contributed by atoms with Gasteiger partial charge in [-0.15, -0.1) is 0 Å². The summed E-state index contributed by atoms with van der Waals surface area (Å²) < 4.78 is 5.15. The summed E-state index contributed by atoms with van der Waals surface area (Å²) in [5.74, 6) is 0.858. The second-order valence-corrected chi connectivity index (χ2v) is 7.91. The summed E-state index contributed by atoms with van der Waals surface area (Å²) in [7, 11) is 1.58. The number of hydrogen-bond donors (Lipinski definition) is 1. The number of carbonyl (C=O) groups excluding carboxylic acids is 1. The van der Waals surface area contributed by atoms with Gasteiger partial charge < -0.3 is 9.64 Å². The molecule has 2 aromatic carbocycles. The molecule has 5 nitrogen and oxygen atoms in total. The van der Waals surface area contributed by atoms with Crippen molar-refractivity contribution in [3.63, 3.8) is 0 Å². The zero-order chi connectivity index (χ0) is 20.3. The number of carbonyl (C=O) groups is 1. The van der Waals surface area contributed by atoms with Gasteiger partial charge in [0.05, 0.1) is 13.3 Å². The molecular weight excluding hydrogens is 350 g/mol. The van der Waals surface area contributed by atoms with Gasteiger partial charge in [-0.3, -0.25) is 4.79 Å². The van der Waals surface area contributed by atoms with Gasteiger partial charge in [-0.1, -0.05) is 19.1 Å². The van der Waals surface area contributed by atoms with Gasteiger partial charge in [0.2, 0.25) is 0 Å². The van der Waals surface area contributed by atoms with E-state index in [9.17, 15) is 4.79 Å². The van der Waals surface area contributed by atoms with Crippen LogP contribution < -0.4 is 15.1 Å². The number of rotatable bonds is 5. The number of benzene rings is 2. The monoisotopic (exact) mass is 379 g/mol. The van der Waals surface area contributed by atoms with Crippen molar-refractivity contribution in [3.8, 4) is 5.75 Å². The van der Waals surface area contributed by atoms with E-state index in [4.69, 9.17) is 4.74 Å².